The molecule has 9 heteroatoms. The van der Waals surface area contributed by atoms with Crippen molar-refractivity contribution in [1.82, 2.24) is 19.3 Å². The molecule has 0 bridgehead atoms. The van der Waals surface area contributed by atoms with Crippen molar-refractivity contribution in [2.75, 3.05) is 12.5 Å². The van der Waals surface area contributed by atoms with E-state index in [0.717, 1.165) is 46.0 Å². The number of rotatable bonds is 7. The van der Waals surface area contributed by atoms with Crippen LogP contribution in [0.15, 0.2) is 46.9 Å². The Balaban J connectivity index is 1.32. The van der Waals surface area contributed by atoms with Crippen LogP contribution in [-0.2, 0) is 13.5 Å². The number of aryl methyl sites for hydroxylation is 1. The maximum absolute atomic E-state index is 13.1. The van der Waals surface area contributed by atoms with Crippen molar-refractivity contribution < 1.29 is 14.3 Å². The van der Waals surface area contributed by atoms with Gasteiger partial charge in [-0.3, -0.25) is 4.79 Å². The minimum absolute atomic E-state index is 0.0675. The van der Waals surface area contributed by atoms with E-state index in [1.807, 2.05) is 55.8 Å². The normalized spacial score (nSPS) is 12.5. The zero-order valence-corrected chi connectivity index (χ0v) is 19.6. The van der Waals surface area contributed by atoms with E-state index in [9.17, 15) is 4.79 Å². The van der Waals surface area contributed by atoms with Crippen molar-refractivity contribution in [3.63, 3.8) is 0 Å². The van der Waals surface area contributed by atoms with Crippen LogP contribution < -0.4 is 9.47 Å². The summed E-state index contributed by atoms with van der Waals surface area (Å²) >= 11 is 3.12. The number of ether oxygens (including phenoxy) is 2. The number of fused-ring (bicyclic) bond motifs is 1. The van der Waals surface area contributed by atoms with Crippen LogP contribution in [0.5, 0.6) is 11.5 Å². The molecule has 0 spiro atoms. The van der Waals surface area contributed by atoms with Gasteiger partial charge in [0.05, 0.1) is 5.75 Å². The maximum atomic E-state index is 13.1. The molecule has 1 aliphatic rings. The fourth-order valence-corrected chi connectivity index (χ4v) is 5.38. The standard InChI is InChI=1S/C23H22N4O3S2/c1-14-9-18(15(2)27(14)16-6-7-20-21(10-16)30-13-29-20)19(28)12-32-23-25-24-22(26(23)3)11-17-5-4-8-31-17/h4-10H,11-13H2,1-3H3. The second kappa shape index (κ2) is 8.48. The molecule has 0 amide bonds. The van der Waals surface area contributed by atoms with Gasteiger partial charge in [-0.1, -0.05) is 17.8 Å². The molecule has 7 nitrogen and oxygen atoms in total. The summed E-state index contributed by atoms with van der Waals surface area (Å²) in [5.74, 6) is 2.72. The number of thiophene rings is 1. The number of benzene rings is 1. The fourth-order valence-electron chi connectivity index (χ4n) is 3.87. The Morgan fingerprint density at radius 2 is 2.00 bits per heavy atom. The van der Waals surface area contributed by atoms with Gasteiger partial charge in [0.25, 0.3) is 0 Å². The highest BCUT2D eigenvalue weighted by molar-refractivity contribution is 7.99. The van der Waals surface area contributed by atoms with Crippen LogP contribution in [0.4, 0.5) is 0 Å². The highest BCUT2D eigenvalue weighted by Crippen LogP contribution is 2.35. The molecule has 0 fully saturated rings. The van der Waals surface area contributed by atoms with Crippen LogP contribution in [0.3, 0.4) is 0 Å². The molecule has 0 atom stereocenters. The van der Waals surface area contributed by atoms with E-state index in [1.54, 1.807) is 11.3 Å². The van der Waals surface area contributed by atoms with Crippen molar-refractivity contribution in [2.45, 2.75) is 25.4 Å². The van der Waals surface area contributed by atoms with Crippen LogP contribution in [-0.4, -0.2) is 37.7 Å². The van der Waals surface area contributed by atoms with Crippen LogP contribution >= 0.6 is 23.1 Å². The largest absolute Gasteiger partial charge is 0.454 e. The first-order valence-electron chi connectivity index (χ1n) is 10.2. The molecule has 4 aromatic rings. The third kappa shape index (κ3) is 3.82. The summed E-state index contributed by atoms with van der Waals surface area (Å²) in [4.78, 5) is 14.3. The van der Waals surface area contributed by atoms with Crippen LogP contribution in [0.2, 0.25) is 0 Å². The Morgan fingerprint density at radius 3 is 2.81 bits per heavy atom. The molecule has 0 N–H and O–H groups in total. The number of thioether (sulfide) groups is 1. The molecule has 164 valence electrons. The fraction of sp³-hybridized carbons (Fsp3) is 0.261. The minimum atomic E-state index is 0.0675. The second-order valence-electron chi connectivity index (χ2n) is 7.58. The van der Waals surface area contributed by atoms with Crippen LogP contribution in [0.25, 0.3) is 5.69 Å². The zero-order chi connectivity index (χ0) is 22.2. The lowest BCUT2D eigenvalue weighted by atomic mass is 10.2. The predicted molar refractivity (Wildman–Crippen MR) is 125 cm³/mol. The first kappa shape index (κ1) is 20.8. The minimum Gasteiger partial charge on any atom is -0.454 e. The molecule has 32 heavy (non-hydrogen) atoms. The molecule has 0 saturated heterocycles. The number of carbonyl (C=O) groups is 1. The SMILES string of the molecule is Cc1cc(C(=O)CSc2nnc(Cc3cccs3)n2C)c(C)n1-c1ccc2c(c1)OCO2. The van der Waals surface area contributed by atoms with E-state index in [-0.39, 0.29) is 12.6 Å². The summed E-state index contributed by atoms with van der Waals surface area (Å²) in [5.41, 5.74) is 3.56. The lowest BCUT2D eigenvalue weighted by molar-refractivity contribution is 0.102. The second-order valence-corrected chi connectivity index (χ2v) is 9.56. The quantitative estimate of drug-likeness (QED) is 0.293. The molecule has 1 aliphatic heterocycles. The van der Waals surface area contributed by atoms with Crippen molar-refractivity contribution in [3.8, 4) is 17.2 Å². The number of carbonyl (C=O) groups excluding carboxylic acids is 1. The number of ketones is 1. The smallest absolute Gasteiger partial charge is 0.231 e. The molecule has 0 saturated carbocycles. The molecule has 5 rings (SSSR count). The van der Waals surface area contributed by atoms with Crippen LogP contribution in [0, 0.1) is 13.8 Å². The van der Waals surface area contributed by atoms with Gasteiger partial charge in [-0.05, 0) is 43.5 Å². The first-order valence-corrected chi connectivity index (χ1v) is 12.0. The number of aromatic nitrogens is 4. The Labute approximate surface area is 194 Å². The molecular formula is C23H22N4O3S2. The van der Waals surface area contributed by atoms with Crippen molar-refractivity contribution in [1.29, 1.82) is 0 Å². The molecule has 0 radical (unpaired) electrons. The topological polar surface area (TPSA) is 71.2 Å². The first-order chi connectivity index (χ1) is 15.5. The molecule has 3 aromatic heterocycles. The van der Waals surface area contributed by atoms with Gasteiger partial charge < -0.3 is 18.6 Å². The lowest BCUT2D eigenvalue weighted by Crippen LogP contribution is -2.07. The van der Waals surface area contributed by atoms with Crippen LogP contribution in [0.1, 0.15) is 32.4 Å². The Morgan fingerprint density at radius 1 is 1.16 bits per heavy atom. The summed E-state index contributed by atoms with van der Waals surface area (Å²) in [6, 6.07) is 11.9. The van der Waals surface area contributed by atoms with Gasteiger partial charge in [0.15, 0.2) is 22.4 Å². The Kier molecular flexibility index (Phi) is 5.52. The van der Waals surface area contributed by atoms with Gasteiger partial charge in [0, 0.05) is 47.1 Å². The molecular weight excluding hydrogens is 444 g/mol. The Hall–Kier alpha value is -3.04. The van der Waals surface area contributed by atoms with Crippen molar-refractivity contribution in [3.05, 3.63) is 69.4 Å². The number of hydrogen-bond acceptors (Lipinski definition) is 7. The molecule has 4 heterocycles. The Bertz CT molecular complexity index is 1290. The van der Waals surface area contributed by atoms with Gasteiger partial charge in [-0.25, -0.2) is 0 Å². The van der Waals surface area contributed by atoms with Gasteiger partial charge >= 0.3 is 0 Å². The highest BCUT2D eigenvalue weighted by Gasteiger charge is 2.20. The third-order valence-corrected chi connectivity index (χ3v) is 7.41. The van der Waals surface area contributed by atoms with E-state index in [2.05, 4.69) is 26.2 Å². The monoisotopic (exact) mass is 466 g/mol. The lowest BCUT2D eigenvalue weighted by Gasteiger charge is -2.10. The average molecular weight is 467 g/mol. The highest BCUT2D eigenvalue weighted by atomic mass is 32.2. The van der Waals surface area contributed by atoms with Gasteiger partial charge in [0.1, 0.15) is 5.82 Å². The molecule has 0 unspecified atom stereocenters. The van der Waals surface area contributed by atoms with E-state index in [0.29, 0.717) is 11.3 Å². The summed E-state index contributed by atoms with van der Waals surface area (Å²) < 4.78 is 15.0. The summed E-state index contributed by atoms with van der Waals surface area (Å²) in [7, 11) is 1.95. The van der Waals surface area contributed by atoms with E-state index in [4.69, 9.17) is 9.47 Å². The maximum Gasteiger partial charge on any atom is 0.231 e. The van der Waals surface area contributed by atoms with E-state index >= 15 is 0 Å². The number of hydrogen-bond donors (Lipinski definition) is 0. The molecule has 1 aromatic carbocycles. The number of Topliss-reactive ketones (excluding diaryl/α,β-unsaturated/α-hetero) is 1. The summed E-state index contributed by atoms with van der Waals surface area (Å²) in [5, 5.41) is 11.4. The van der Waals surface area contributed by atoms with E-state index in [1.165, 1.54) is 16.6 Å². The van der Waals surface area contributed by atoms with Crippen molar-refractivity contribution in [2.24, 2.45) is 7.05 Å². The summed E-state index contributed by atoms with van der Waals surface area (Å²) in [6.45, 7) is 4.21. The zero-order valence-electron chi connectivity index (χ0n) is 18.0. The predicted octanol–water partition coefficient (Wildman–Crippen LogP) is 4.58. The number of nitrogens with zero attached hydrogens (tertiary/aromatic N) is 4. The third-order valence-electron chi connectivity index (χ3n) is 5.52. The molecule has 0 aliphatic carbocycles. The van der Waals surface area contributed by atoms with Gasteiger partial charge in [0.2, 0.25) is 6.79 Å². The summed E-state index contributed by atoms with van der Waals surface area (Å²) in [6.07, 6.45) is 0.742. The van der Waals surface area contributed by atoms with Gasteiger partial charge in [-0.15, -0.1) is 21.5 Å². The van der Waals surface area contributed by atoms with E-state index < -0.39 is 0 Å². The van der Waals surface area contributed by atoms with Gasteiger partial charge in [-0.2, -0.15) is 0 Å². The average Bonchev–Trinajstić information content (AvgIpc) is 3.56. The van der Waals surface area contributed by atoms with Crippen molar-refractivity contribution >= 4 is 28.9 Å².